The minimum Gasteiger partial charge on any atom is -0.320 e. The summed E-state index contributed by atoms with van der Waals surface area (Å²) in [4.78, 5) is 0.708. The molecule has 0 fully saturated rings. The summed E-state index contributed by atoms with van der Waals surface area (Å²) in [5, 5.41) is 0. The van der Waals surface area contributed by atoms with Crippen molar-refractivity contribution in [2.24, 2.45) is 5.73 Å². The van der Waals surface area contributed by atoms with Gasteiger partial charge >= 0.3 is 0 Å². The van der Waals surface area contributed by atoms with Gasteiger partial charge in [0, 0.05) is 9.35 Å². The fourth-order valence-corrected chi connectivity index (χ4v) is 3.55. The van der Waals surface area contributed by atoms with E-state index in [4.69, 9.17) is 5.73 Å². The standard InChI is InChI=1S/C11H6Br2F3NS/c12-5-3-8(18-11(5)13)10(17)4-1-6(14)9(16)7(15)2-4/h1-3,10H,17H2. The molecule has 0 saturated carbocycles. The highest BCUT2D eigenvalue weighted by molar-refractivity contribution is 9.13. The van der Waals surface area contributed by atoms with Crippen LogP contribution in [0.15, 0.2) is 26.5 Å². The van der Waals surface area contributed by atoms with Gasteiger partial charge in [0.15, 0.2) is 17.5 Å². The van der Waals surface area contributed by atoms with Crippen molar-refractivity contribution in [2.75, 3.05) is 0 Å². The highest BCUT2D eigenvalue weighted by Crippen LogP contribution is 2.37. The lowest BCUT2D eigenvalue weighted by atomic mass is 10.1. The number of benzene rings is 1. The molecule has 0 aliphatic carbocycles. The predicted octanol–water partition coefficient (Wildman–Crippen LogP) is 4.74. The first-order chi connectivity index (χ1) is 8.40. The van der Waals surface area contributed by atoms with E-state index in [0.717, 1.165) is 20.4 Å². The van der Waals surface area contributed by atoms with Crippen molar-refractivity contribution < 1.29 is 13.2 Å². The Balaban J connectivity index is 2.42. The van der Waals surface area contributed by atoms with Crippen molar-refractivity contribution in [3.8, 4) is 0 Å². The molecule has 1 nitrogen and oxygen atoms in total. The van der Waals surface area contributed by atoms with Crippen LogP contribution in [0.3, 0.4) is 0 Å². The minimum absolute atomic E-state index is 0.188. The predicted molar refractivity (Wildman–Crippen MR) is 72.1 cm³/mol. The summed E-state index contributed by atoms with van der Waals surface area (Å²) in [5.74, 6) is -3.97. The van der Waals surface area contributed by atoms with E-state index in [1.54, 1.807) is 6.07 Å². The van der Waals surface area contributed by atoms with Gasteiger partial charge in [0.2, 0.25) is 0 Å². The van der Waals surface area contributed by atoms with Crippen molar-refractivity contribution >= 4 is 43.2 Å². The average molecular weight is 401 g/mol. The van der Waals surface area contributed by atoms with Crippen LogP contribution in [-0.2, 0) is 0 Å². The Morgan fingerprint density at radius 1 is 1.06 bits per heavy atom. The quantitative estimate of drug-likeness (QED) is 0.724. The first-order valence-corrected chi connectivity index (χ1v) is 7.15. The Labute approximate surface area is 122 Å². The second kappa shape index (κ2) is 5.32. The second-order valence-electron chi connectivity index (χ2n) is 3.55. The number of halogens is 5. The molecule has 2 N–H and O–H groups in total. The second-order valence-corrected chi connectivity index (χ2v) is 6.80. The van der Waals surface area contributed by atoms with Crippen molar-refractivity contribution in [1.29, 1.82) is 0 Å². The summed E-state index contributed by atoms with van der Waals surface area (Å²) in [6.07, 6.45) is 0. The fraction of sp³-hybridized carbons (Fsp3) is 0.0909. The molecule has 7 heteroatoms. The van der Waals surface area contributed by atoms with E-state index in [2.05, 4.69) is 31.9 Å². The van der Waals surface area contributed by atoms with Gasteiger partial charge in [-0.15, -0.1) is 11.3 Å². The molecule has 0 radical (unpaired) electrons. The molecule has 0 amide bonds. The van der Waals surface area contributed by atoms with Gasteiger partial charge in [0.1, 0.15) is 0 Å². The molecule has 0 aliphatic rings. The van der Waals surface area contributed by atoms with E-state index in [1.807, 2.05) is 0 Å². The zero-order chi connectivity index (χ0) is 13.4. The van der Waals surface area contributed by atoms with Crippen LogP contribution < -0.4 is 5.73 Å². The molecule has 0 spiro atoms. The van der Waals surface area contributed by atoms with Crippen LogP contribution >= 0.6 is 43.2 Å². The Morgan fingerprint density at radius 2 is 1.61 bits per heavy atom. The van der Waals surface area contributed by atoms with E-state index in [9.17, 15) is 13.2 Å². The van der Waals surface area contributed by atoms with E-state index >= 15 is 0 Å². The first-order valence-electron chi connectivity index (χ1n) is 4.75. The molecule has 1 atom stereocenters. The zero-order valence-electron chi connectivity index (χ0n) is 8.68. The topological polar surface area (TPSA) is 26.0 Å². The Morgan fingerprint density at radius 3 is 2.06 bits per heavy atom. The van der Waals surface area contributed by atoms with E-state index in [1.165, 1.54) is 11.3 Å². The SMILES string of the molecule is NC(c1cc(F)c(F)c(F)c1)c1cc(Br)c(Br)s1. The van der Waals surface area contributed by atoms with Crippen LogP contribution in [0.4, 0.5) is 13.2 Å². The third kappa shape index (κ3) is 2.64. The third-order valence-electron chi connectivity index (χ3n) is 2.34. The molecule has 1 aromatic carbocycles. The number of nitrogens with two attached hydrogens (primary N) is 1. The first kappa shape index (κ1) is 14.0. The van der Waals surface area contributed by atoms with Crippen LogP contribution in [0.5, 0.6) is 0 Å². The molecule has 0 aliphatic heterocycles. The summed E-state index contributed by atoms with van der Waals surface area (Å²) in [5.41, 5.74) is 6.09. The molecule has 1 aromatic heterocycles. The Bertz CT molecular complexity index is 557. The summed E-state index contributed by atoms with van der Waals surface area (Å²) in [6.45, 7) is 0. The van der Waals surface area contributed by atoms with Crippen LogP contribution in [0.1, 0.15) is 16.5 Å². The normalized spacial score (nSPS) is 12.8. The van der Waals surface area contributed by atoms with Crippen LogP contribution in [-0.4, -0.2) is 0 Å². The summed E-state index contributed by atoms with van der Waals surface area (Å²) < 4.78 is 40.7. The molecule has 2 aromatic rings. The van der Waals surface area contributed by atoms with Crippen molar-refractivity contribution in [2.45, 2.75) is 6.04 Å². The number of rotatable bonds is 2. The van der Waals surface area contributed by atoms with Gasteiger partial charge in [0.25, 0.3) is 0 Å². The lowest BCUT2D eigenvalue weighted by Crippen LogP contribution is -2.11. The molecular formula is C11H6Br2F3NS. The van der Waals surface area contributed by atoms with Crippen molar-refractivity contribution in [3.05, 3.63) is 54.4 Å². The molecule has 0 saturated heterocycles. The Hall–Kier alpha value is -0.370. The zero-order valence-corrected chi connectivity index (χ0v) is 12.7. The number of hydrogen-bond donors (Lipinski definition) is 1. The molecule has 18 heavy (non-hydrogen) atoms. The molecule has 1 unspecified atom stereocenters. The van der Waals surface area contributed by atoms with Gasteiger partial charge in [0.05, 0.1) is 9.83 Å². The molecule has 2 rings (SSSR count). The maximum atomic E-state index is 13.1. The Kier molecular flexibility index (Phi) is 4.15. The third-order valence-corrected chi connectivity index (χ3v) is 5.68. The fourth-order valence-electron chi connectivity index (χ4n) is 1.44. The smallest absolute Gasteiger partial charge is 0.194 e. The van der Waals surface area contributed by atoms with Crippen molar-refractivity contribution in [3.63, 3.8) is 0 Å². The van der Waals surface area contributed by atoms with Gasteiger partial charge in [-0.25, -0.2) is 13.2 Å². The summed E-state index contributed by atoms with van der Waals surface area (Å²) in [6, 6.07) is 2.86. The lowest BCUT2D eigenvalue weighted by molar-refractivity contribution is 0.444. The molecule has 1 heterocycles. The highest BCUT2D eigenvalue weighted by atomic mass is 79.9. The number of thiophene rings is 1. The van der Waals surface area contributed by atoms with Gasteiger partial charge < -0.3 is 5.73 Å². The largest absolute Gasteiger partial charge is 0.320 e. The summed E-state index contributed by atoms with van der Waals surface area (Å²) in [7, 11) is 0. The van der Waals surface area contributed by atoms with Gasteiger partial charge in [-0.05, 0) is 55.6 Å². The molecule has 96 valence electrons. The van der Waals surface area contributed by atoms with Crippen LogP contribution in [0.2, 0.25) is 0 Å². The maximum absolute atomic E-state index is 13.1. The van der Waals surface area contributed by atoms with Gasteiger partial charge in [-0.1, -0.05) is 0 Å². The molecule has 0 bridgehead atoms. The minimum atomic E-state index is -1.49. The van der Waals surface area contributed by atoms with Gasteiger partial charge in [-0.3, -0.25) is 0 Å². The van der Waals surface area contributed by atoms with Crippen molar-refractivity contribution in [1.82, 2.24) is 0 Å². The number of hydrogen-bond acceptors (Lipinski definition) is 2. The summed E-state index contributed by atoms with van der Waals surface area (Å²) >= 11 is 7.94. The highest BCUT2D eigenvalue weighted by Gasteiger charge is 2.18. The van der Waals surface area contributed by atoms with E-state index in [-0.39, 0.29) is 5.56 Å². The van der Waals surface area contributed by atoms with Crippen LogP contribution in [0.25, 0.3) is 0 Å². The lowest BCUT2D eigenvalue weighted by Gasteiger charge is -2.10. The van der Waals surface area contributed by atoms with E-state index in [0.29, 0.717) is 4.88 Å². The van der Waals surface area contributed by atoms with E-state index < -0.39 is 23.5 Å². The van der Waals surface area contributed by atoms with Gasteiger partial charge in [-0.2, -0.15) is 0 Å². The monoisotopic (exact) mass is 399 g/mol. The average Bonchev–Trinajstić information content (AvgIpc) is 2.65. The maximum Gasteiger partial charge on any atom is 0.194 e. The molecular weight excluding hydrogens is 395 g/mol. The van der Waals surface area contributed by atoms with Crippen LogP contribution in [0, 0.1) is 17.5 Å².